The van der Waals surface area contributed by atoms with Crippen molar-refractivity contribution in [3.8, 4) is 5.75 Å². The van der Waals surface area contributed by atoms with Crippen LogP contribution in [0.4, 0.5) is 4.79 Å². The Kier molecular flexibility index (Phi) is 3.46. The Morgan fingerprint density at radius 1 is 1.36 bits per heavy atom. The highest BCUT2D eigenvalue weighted by Crippen LogP contribution is 2.41. The number of carbonyl (C=O) groups excluding carboxylic acids is 1. The first-order chi connectivity index (χ1) is 10.8. The number of hydrogen-bond acceptors (Lipinski definition) is 4. The summed E-state index contributed by atoms with van der Waals surface area (Å²) in [6.07, 6.45) is 4.09. The molecule has 0 saturated heterocycles. The standard InChI is InChI=1S/C16H17N3O2S/c20-16(18-12-9-21-13-4-2-1-3-11(12)13)19-14(10-5-6-10)15-17-7-8-22-15/h1-4,7-8,10,12,14H,5-6,9H2,(H2,18,19,20)/t12-,14-/m1/s1. The third-order valence-corrected chi connectivity index (χ3v) is 4.96. The molecule has 2 amide bonds. The molecule has 0 spiro atoms. The maximum atomic E-state index is 12.3. The van der Waals surface area contributed by atoms with Gasteiger partial charge in [0.1, 0.15) is 17.4 Å². The molecule has 2 atom stereocenters. The second-order valence-electron chi connectivity index (χ2n) is 5.70. The molecule has 0 radical (unpaired) electrons. The first-order valence-electron chi connectivity index (χ1n) is 7.49. The predicted octanol–water partition coefficient (Wildman–Crippen LogP) is 3.03. The Bertz CT molecular complexity index is 670. The number of para-hydroxylation sites is 1. The highest BCUT2D eigenvalue weighted by atomic mass is 32.1. The van der Waals surface area contributed by atoms with E-state index in [1.165, 1.54) is 0 Å². The highest BCUT2D eigenvalue weighted by Gasteiger charge is 2.35. The summed E-state index contributed by atoms with van der Waals surface area (Å²) in [7, 11) is 0. The van der Waals surface area contributed by atoms with Gasteiger partial charge in [-0.25, -0.2) is 9.78 Å². The van der Waals surface area contributed by atoms with Gasteiger partial charge in [-0.15, -0.1) is 11.3 Å². The second kappa shape index (κ2) is 5.61. The number of nitrogens with one attached hydrogen (secondary N) is 2. The van der Waals surface area contributed by atoms with Gasteiger partial charge in [-0.3, -0.25) is 0 Å². The van der Waals surface area contributed by atoms with Gasteiger partial charge in [0.15, 0.2) is 0 Å². The van der Waals surface area contributed by atoms with Gasteiger partial charge in [0, 0.05) is 17.1 Å². The van der Waals surface area contributed by atoms with Gasteiger partial charge in [0.05, 0.1) is 12.1 Å². The Morgan fingerprint density at radius 2 is 2.23 bits per heavy atom. The van der Waals surface area contributed by atoms with Gasteiger partial charge in [0.2, 0.25) is 0 Å². The van der Waals surface area contributed by atoms with Crippen molar-refractivity contribution in [2.24, 2.45) is 5.92 Å². The van der Waals surface area contributed by atoms with Crippen molar-refractivity contribution >= 4 is 17.4 Å². The van der Waals surface area contributed by atoms with E-state index in [0.29, 0.717) is 12.5 Å². The highest BCUT2D eigenvalue weighted by molar-refractivity contribution is 7.09. The van der Waals surface area contributed by atoms with Crippen molar-refractivity contribution in [2.75, 3.05) is 6.61 Å². The summed E-state index contributed by atoms with van der Waals surface area (Å²) in [5.74, 6) is 1.37. The van der Waals surface area contributed by atoms with Crippen molar-refractivity contribution in [3.63, 3.8) is 0 Å². The average molecular weight is 315 g/mol. The van der Waals surface area contributed by atoms with Crippen LogP contribution in [0.5, 0.6) is 5.75 Å². The number of aromatic nitrogens is 1. The molecule has 1 aromatic carbocycles. The van der Waals surface area contributed by atoms with Crippen LogP contribution in [0, 0.1) is 5.92 Å². The first-order valence-corrected chi connectivity index (χ1v) is 8.37. The number of fused-ring (bicyclic) bond motifs is 1. The minimum Gasteiger partial charge on any atom is -0.491 e. The Morgan fingerprint density at radius 3 is 3.00 bits per heavy atom. The second-order valence-corrected chi connectivity index (χ2v) is 6.63. The van der Waals surface area contributed by atoms with E-state index in [9.17, 15) is 4.79 Å². The number of thiazole rings is 1. The molecule has 6 heteroatoms. The zero-order valence-corrected chi connectivity index (χ0v) is 12.8. The fourth-order valence-electron chi connectivity index (χ4n) is 2.82. The summed E-state index contributed by atoms with van der Waals surface area (Å²) in [5, 5.41) is 9.03. The zero-order chi connectivity index (χ0) is 14.9. The van der Waals surface area contributed by atoms with Gasteiger partial charge in [-0.2, -0.15) is 0 Å². The predicted molar refractivity (Wildman–Crippen MR) is 83.9 cm³/mol. The third kappa shape index (κ3) is 2.66. The van der Waals surface area contributed by atoms with Crippen LogP contribution in [0.25, 0.3) is 0 Å². The number of benzene rings is 1. The maximum Gasteiger partial charge on any atom is 0.315 e. The maximum absolute atomic E-state index is 12.3. The summed E-state index contributed by atoms with van der Waals surface area (Å²) in [4.78, 5) is 16.7. The first kappa shape index (κ1) is 13.6. The van der Waals surface area contributed by atoms with Crippen molar-refractivity contribution in [1.82, 2.24) is 15.6 Å². The van der Waals surface area contributed by atoms with E-state index >= 15 is 0 Å². The number of nitrogens with zero attached hydrogens (tertiary/aromatic N) is 1. The minimum atomic E-state index is -0.155. The summed E-state index contributed by atoms with van der Waals surface area (Å²) < 4.78 is 5.60. The summed E-state index contributed by atoms with van der Waals surface area (Å²) in [6.45, 7) is 0.484. The summed E-state index contributed by atoms with van der Waals surface area (Å²) >= 11 is 1.59. The number of amides is 2. The molecular formula is C16H17N3O2S. The fraction of sp³-hybridized carbons (Fsp3) is 0.375. The van der Waals surface area contributed by atoms with E-state index < -0.39 is 0 Å². The third-order valence-electron chi connectivity index (χ3n) is 4.10. The number of hydrogen-bond donors (Lipinski definition) is 2. The molecule has 2 aliphatic rings. The Labute approximate surface area is 132 Å². The molecule has 4 rings (SSSR count). The van der Waals surface area contributed by atoms with Gasteiger partial charge < -0.3 is 15.4 Å². The smallest absolute Gasteiger partial charge is 0.315 e. The molecule has 1 aliphatic carbocycles. The largest absolute Gasteiger partial charge is 0.491 e. The zero-order valence-electron chi connectivity index (χ0n) is 12.0. The normalized spacial score (nSPS) is 20.8. The van der Waals surface area contributed by atoms with Gasteiger partial charge in [0.25, 0.3) is 0 Å². The summed E-state index contributed by atoms with van der Waals surface area (Å²) in [5.41, 5.74) is 1.04. The Balaban J connectivity index is 1.42. The van der Waals surface area contributed by atoms with Crippen molar-refractivity contribution in [2.45, 2.75) is 24.9 Å². The Hall–Kier alpha value is -2.08. The molecule has 0 unspecified atom stereocenters. The van der Waals surface area contributed by atoms with Crippen LogP contribution < -0.4 is 15.4 Å². The van der Waals surface area contributed by atoms with Crippen molar-refractivity contribution in [3.05, 3.63) is 46.4 Å². The number of rotatable bonds is 4. The quantitative estimate of drug-likeness (QED) is 0.911. The molecule has 0 bridgehead atoms. The molecule has 1 fully saturated rings. The molecule has 2 aromatic rings. The van der Waals surface area contributed by atoms with Crippen LogP contribution in [-0.2, 0) is 0 Å². The van der Waals surface area contributed by atoms with E-state index in [-0.39, 0.29) is 18.1 Å². The lowest BCUT2D eigenvalue weighted by Crippen LogP contribution is -2.41. The van der Waals surface area contributed by atoms with Gasteiger partial charge >= 0.3 is 6.03 Å². The molecule has 1 saturated carbocycles. The van der Waals surface area contributed by atoms with Crippen molar-refractivity contribution in [1.29, 1.82) is 0 Å². The average Bonchev–Trinajstić information content (AvgIpc) is 3.07. The van der Waals surface area contributed by atoms with E-state index in [2.05, 4.69) is 15.6 Å². The molecule has 2 N–H and O–H groups in total. The van der Waals surface area contributed by atoms with Crippen LogP contribution in [0.3, 0.4) is 0 Å². The van der Waals surface area contributed by atoms with Gasteiger partial charge in [-0.1, -0.05) is 18.2 Å². The number of carbonyl (C=O) groups is 1. The number of urea groups is 1. The molecule has 1 aliphatic heterocycles. The van der Waals surface area contributed by atoms with Gasteiger partial charge in [-0.05, 0) is 24.8 Å². The van der Waals surface area contributed by atoms with Crippen LogP contribution in [0.15, 0.2) is 35.8 Å². The summed E-state index contributed by atoms with van der Waals surface area (Å²) in [6, 6.07) is 7.60. The number of ether oxygens (including phenoxy) is 1. The molecule has 22 heavy (non-hydrogen) atoms. The van der Waals surface area contributed by atoms with E-state index in [1.807, 2.05) is 29.6 Å². The molecule has 1 aromatic heterocycles. The van der Waals surface area contributed by atoms with Crippen LogP contribution in [0.1, 0.15) is 35.5 Å². The lowest BCUT2D eigenvalue weighted by molar-refractivity contribution is 0.227. The monoisotopic (exact) mass is 315 g/mol. The molecule has 2 heterocycles. The van der Waals surface area contributed by atoms with Crippen LogP contribution in [0.2, 0.25) is 0 Å². The van der Waals surface area contributed by atoms with E-state index in [1.54, 1.807) is 17.5 Å². The SMILES string of the molecule is O=C(N[C@@H]1COc2ccccc21)N[C@@H](c1nccs1)C1CC1. The molecule has 114 valence electrons. The van der Waals surface area contributed by atoms with Crippen LogP contribution in [-0.4, -0.2) is 17.6 Å². The topological polar surface area (TPSA) is 63.2 Å². The van der Waals surface area contributed by atoms with E-state index in [0.717, 1.165) is 29.2 Å². The lowest BCUT2D eigenvalue weighted by Gasteiger charge is -2.18. The lowest BCUT2D eigenvalue weighted by atomic mass is 10.1. The van der Waals surface area contributed by atoms with Crippen LogP contribution >= 0.6 is 11.3 Å². The molecule has 5 nitrogen and oxygen atoms in total. The minimum absolute atomic E-state index is 0.0255. The van der Waals surface area contributed by atoms with E-state index in [4.69, 9.17) is 4.74 Å². The fourth-order valence-corrected chi connectivity index (χ4v) is 3.60. The molecular weight excluding hydrogens is 298 g/mol. The van der Waals surface area contributed by atoms with Crippen molar-refractivity contribution < 1.29 is 9.53 Å².